The van der Waals surface area contributed by atoms with Crippen LogP contribution in [0.2, 0.25) is 0 Å². The van der Waals surface area contributed by atoms with E-state index in [2.05, 4.69) is 24.1 Å². The van der Waals surface area contributed by atoms with Gasteiger partial charge in [0.05, 0.1) is 0 Å². The highest BCUT2D eigenvalue weighted by Gasteiger charge is 2.09. The van der Waals surface area contributed by atoms with E-state index in [9.17, 15) is 0 Å². The predicted octanol–water partition coefficient (Wildman–Crippen LogP) is 2.18. The molecule has 0 amide bonds. The van der Waals surface area contributed by atoms with Crippen molar-refractivity contribution in [2.45, 2.75) is 19.4 Å². The Morgan fingerprint density at radius 2 is 2.06 bits per heavy atom. The first kappa shape index (κ1) is 13.0. The van der Waals surface area contributed by atoms with Crippen molar-refractivity contribution in [3.63, 3.8) is 0 Å². The number of ether oxygens (including phenoxy) is 1. The average Bonchev–Trinajstić information content (AvgIpc) is 2.29. The van der Waals surface area contributed by atoms with Crippen LogP contribution >= 0.6 is 0 Å². The summed E-state index contributed by atoms with van der Waals surface area (Å²) in [4.78, 5) is 2.23. The number of methoxy groups -OCH3 is 1. The van der Waals surface area contributed by atoms with Crippen molar-refractivity contribution < 1.29 is 4.74 Å². The molecule has 90 valence electrons. The molecule has 3 nitrogen and oxygen atoms in total. The summed E-state index contributed by atoms with van der Waals surface area (Å²) in [6.45, 7) is 3.80. The topological polar surface area (TPSA) is 38.5 Å². The summed E-state index contributed by atoms with van der Waals surface area (Å²) in [6.07, 6.45) is 1.03. The number of hydrogen-bond acceptors (Lipinski definition) is 3. The molecule has 0 aromatic heterocycles. The van der Waals surface area contributed by atoms with Gasteiger partial charge in [-0.05, 0) is 25.0 Å². The molecule has 2 N–H and O–H groups in total. The average molecular weight is 222 g/mol. The minimum absolute atomic E-state index is 0.0704. The Bertz CT molecular complexity index is 313. The molecule has 0 heterocycles. The van der Waals surface area contributed by atoms with Crippen molar-refractivity contribution in [1.29, 1.82) is 0 Å². The minimum Gasteiger partial charge on any atom is -0.385 e. The van der Waals surface area contributed by atoms with E-state index in [0.717, 1.165) is 19.6 Å². The van der Waals surface area contributed by atoms with Crippen LogP contribution in [0.3, 0.4) is 0 Å². The standard InChI is InChI=1S/C13H22N2O/c1-11(14)12-7-4-5-8-13(12)15(2)9-6-10-16-3/h4-5,7-8,11H,6,9-10,14H2,1-3H3/t11-/m0/s1. The van der Waals surface area contributed by atoms with Crippen molar-refractivity contribution >= 4 is 5.69 Å². The van der Waals surface area contributed by atoms with Crippen LogP contribution in [-0.4, -0.2) is 27.3 Å². The summed E-state index contributed by atoms with van der Waals surface area (Å²) in [5, 5.41) is 0. The lowest BCUT2D eigenvalue weighted by atomic mass is 10.1. The molecule has 0 aliphatic rings. The van der Waals surface area contributed by atoms with Crippen LogP contribution in [0.1, 0.15) is 24.9 Å². The fourth-order valence-electron chi connectivity index (χ4n) is 1.79. The number of benzene rings is 1. The van der Waals surface area contributed by atoms with Gasteiger partial charge >= 0.3 is 0 Å². The molecule has 1 atom stereocenters. The van der Waals surface area contributed by atoms with E-state index in [-0.39, 0.29) is 6.04 Å². The van der Waals surface area contributed by atoms with Crippen LogP contribution in [0.5, 0.6) is 0 Å². The van der Waals surface area contributed by atoms with Crippen LogP contribution in [0.25, 0.3) is 0 Å². The lowest BCUT2D eigenvalue weighted by molar-refractivity contribution is 0.196. The molecule has 1 aromatic carbocycles. The van der Waals surface area contributed by atoms with E-state index in [0.29, 0.717) is 0 Å². The molecule has 0 saturated carbocycles. The van der Waals surface area contributed by atoms with Crippen LogP contribution < -0.4 is 10.6 Å². The summed E-state index contributed by atoms with van der Waals surface area (Å²) >= 11 is 0. The molecule has 0 radical (unpaired) electrons. The molecule has 0 saturated heterocycles. The van der Waals surface area contributed by atoms with Gasteiger partial charge in [0.2, 0.25) is 0 Å². The Hall–Kier alpha value is -1.06. The van der Waals surface area contributed by atoms with Gasteiger partial charge in [-0.1, -0.05) is 18.2 Å². The quantitative estimate of drug-likeness (QED) is 0.750. The van der Waals surface area contributed by atoms with Crippen LogP contribution in [0.15, 0.2) is 24.3 Å². The van der Waals surface area contributed by atoms with Gasteiger partial charge in [0.25, 0.3) is 0 Å². The number of nitrogens with two attached hydrogens (primary N) is 1. The molecule has 0 aliphatic carbocycles. The first-order valence-corrected chi connectivity index (χ1v) is 5.71. The van der Waals surface area contributed by atoms with Crippen molar-refractivity contribution in [3.8, 4) is 0 Å². The Balaban J connectivity index is 2.70. The smallest absolute Gasteiger partial charge is 0.0479 e. The molecular formula is C13H22N2O. The zero-order chi connectivity index (χ0) is 12.0. The monoisotopic (exact) mass is 222 g/mol. The van der Waals surface area contributed by atoms with Gasteiger partial charge in [0.15, 0.2) is 0 Å². The predicted molar refractivity (Wildman–Crippen MR) is 68.8 cm³/mol. The molecular weight excluding hydrogens is 200 g/mol. The van der Waals surface area contributed by atoms with E-state index >= 15 is 0 Å². The summed E-state index contributed by atoms with van der Waals surface area (Å²) in [7, 11) is 3.83. The number of nitrogens with zero attached hydrogens (tertiary/aromatic N) is 1. The van der Waals surface area contributed by atoms with Gasteiger partial charge < -0.3 is 15.4 Å². The maximum atomic E-state index is 5.96. The molecule has 1 rings (SSSR count). The highest BCUT2D eigenvalue weighted by atomic mass is 16.5. The summed E-state index contributed by atoms with van der Waals surface area (Å²) in [6, 6.07) is 8.36. The molecule has 16 heavy (non-hydrogen) atoms. The van der Waals surface area contributed by atoms with Crippen molar-refractivity contribution in [3.05, 3.63) is 29.8 Å². The lowest BCUT2D eigenvalue weighted by Gasteiger charge is -2.23. The molecule has 0 aliphatic heterocycles. The fraction of sp³-hybridized carbons (Fsp3) is 0.538. The summed E-state index contributed by atoms with van der Waals surface area (Å²) in [5.74, 6) is 0. The number of para-hydroxylation sites is 1. The number of anilines is 1. The third-order valence-electron chi connectivity index (χ3n) is 2.68. The second-order valence-electron chi connectivity index (χ2n) is 4.12. The molecule has 0 spiro atoms. The van der Waals surface area contributed by atoms with E-state index in [1.807, 2.05) is 19.1 Å². The van der Waals surface area contributed by atoms with Crippen LogP contribution in [-0.2, 0) is 4.74 Å². The van der Waals surface area contributed by atoms with Gasteiger partial charge in [0, 0.05) is 39.0 Å². The molecule has 0 fully saturated rings. The van der Waals surface area contributed by atoms with Crippen molar-refractivity contribution in [2.75, 3.05) is 32.2 Å². The van der Waals surface area contributed by atoms with Gasteiger partial charge in [-0.25, -0.2) is 0 Å². The second-order valence-corrected chi connectivity index (χ2v) is 4.12. The first-order valence-electron chi connectivity index (χ1n) is 5.71. The third kappa shape index (κ3) is 3.51. The normalized spacial score (nSPS) is 12.5. The van der Waals surface area contributed by atoms with E-state index in [1.165, 1.54) is 11.3 Å². The van der Waals surface area contributed by atoms with Gasteiger partial charge in [-0.3, -0.25) is 0 Å². The Morgan fingerprint density at radius 1 is 1.38 bits per heavy atom. The lowest BCUT2D eigenvalue weighted by Crippen LogP contribution is -2.22. The Kier molecular flexibility index (Phi) is 5.29. The Morgan fingerprint density at radius 3 is 2.69 bits per heavy atom. The first-order chi connectivity index (χ1) is 7.66. The minimum atomic E-state index is 0.0704. The molecule has 1 aromatic rings. The molecule has 0 bridgehead atoms. The van der Waals surface area contributed by atoms with Crippen molar-refractivity contribution in [1.82, 2.24) is 0 Å². The van der Waals surface area contributed by atoms with E-state index in [4.69, 9.17) is 10.5 Å². The fourth-order valence-corrected chi connectivity index (χ4v) is 1.79. The van der Waals surface area contributed by atoms with E-state index in [1.54, 1.807) is 7.11 Å². The van der Waals surface area contributed by atoms with Crippen LogP contribution in [0.4, 0.5) is 5.69 Å². The van der Waals surface area contributed by atoms with E-state index < -0.39 is 0 Å². The molecule has 0 unspecified atom stereocenters. The largest absolute Gasteiger partial charge is 0.385 e. The number of hydrogen-bond donors (Lipinski definition) is 1. The maximum absolute atomic E-state index is 5.96. The maximum Gasteiger partial charge on any atom is 0.0479 e. The zero-order valence-electron chi connectivity index (χ0n) is 10.4. The summed E-state index contributed by atoms with van der Waals surface area (Å²) in [5.41, 5.74) is 8.37. The van der Waals surface area contributed by atoms with Crippen molar-refractivity contribution in [2.24, 2.45) is 5.73 Å². The van der Waals surface area contributed by atoms with Crippen LogP contribution in [0, 0.1) is 0 Å². The third-order valence-corrected chi connectivity index (χ3v) is 2.68. The summed E-state index contributed by atoms with van der Waals surface area (Å²) < 4.78 is 5.05. The highest BCUT2D eigenvalue weighted by molar-refractivity contribution is 5.54. The molecule has 3 heteroatoms. The van der Waals surface area contributed by atoms with Gasteiger partial charge in [-0.2, -0.15) is 0 Å². The second kappa shape index (κ2) is 6.51. The SMILES string of the molecule is COCCCN(C)c1ccccc1[C@H](C)N. The van der Waals surface area contributed by atoms with Gasteiger partial charge in [0.1, 0.15) is 0 Å². The number of rotatable bonds is 6. The van der Waals surface area contributed by atoms with Gasteiger partial charge in [-0.15, -0.1) is 0 Å². The highest BCUT2D eigenvalue weighted by Crippen LogP contribution is 2.23. The Labute approximate surface area is 98.2 Å². The zero-order valence-corrected chi connectivity index (χ0v) is 10.4.